The summed E-state index contributed by atoms with van der Waals surface area (Å²) in [6.45, 7) is 0. The van der Waals surface area contributed by atoms with E-state index in [0.29, 0.717) is 5.92 Å². The zero-order valence-electron chi connectivity index (χ0n) is 8.16. The van der Waals surface area contributed by atoms with E-state index in [2.05, 4.69) is 0 Å². The van der Waals surface area contributed by atoms with E-state index in [-0.39, 0.29) is 5.69 Å². The van der Waals surface area contributed by atoms with Crippen molar-refractivity contribution >= 4 is 11.8 Å². The Morgan fingerprint density at radius 1 is 1.47 bits per heavy atom. The van der Waals surface area contributed by atoms with Gasteiger partial charge in [0.2, 0.25) is 0 Å². The number of benzene rings is 1. The van der Waals surface area contributed by atoms with E-state index in [1.807, 2.05) is 5.32 Å². The van der Waals surface area contributed by atoms with Crippen molar-refractivity contribution in [2.24, 2.45) is 0 Å². The topological polar surface area (TPSA) is 49.3 Å². The molecule has 1 fully saturated rings. The molecule has 0 saturated heterocycles. The van der Waals surface area contributed by atoms with Crippen LogP contribution in [0.2, 0.25) is 0 Å². The standard InChI is InChI=1S/C11H12FNO2/c12-9-6-8(7-2-1-3-7)4-5-10(9)13-11(14)15/h4-7,13H,1-3H2,(H,14,15). The highest BCUT2D eigenvalue weighted by molar-refractivity contribution is 5.83. The molecular formula is C11H12FNO2. The minimum atomic E-state index is -1.25. The van der Waals surface area contributed by atoms with Crippen LogP contribution in [0.1, 0.15) is 30.7 Å². The fraction of sp³-hybridized carbons (Fsp3) is 0.364. The van der Waals surface area contributed by atoms with E-state index in [1.165, 1.54) is 18.6 Å². The summed E-state index contributed by atoms with van der Waals surface area (Å²) in [6.07, 6.45) is 2.16. The minimum absolute atomic E-state index is 0.0190. The average Bonchev–Trinajstić information content (AvgIpc) is 2.06. The zero-order valence-corrected chi connectivity index (χ0v) is 8.16. The van der Waals surface area contributed by atoms with E-state index >= 15 is 0 Å². The van der Waals surface area contributed by atoms with Gasteiger partial charge in [-0.05, 0) is 36.5 Å². The summed E-state index contributed by atoms with van der Waals surface area (Å²) in [5, 5.41) is 10.5. The highest BCUT2D eigenvalue weighted by Gasteiger charge is 2.20. The number of carbonyl (C=O) groups is 1. The summed E-state index contributed by atoms with van der Waals surface area (Å²) in [4.78, 5) is 10.3. The van der Waals surface area contributed by atoms with Gasteiger partial charge in [-0.25, -0.2) is 9.18 Å². The summed E-state index contributed by atoms with van der Waals surface area (Å²) in [5.74, 6) is -0.0415. The Kier molecular flexibility index (Phi) is 2.58. The molecule has 1 aromatic carbocycles. The Balaban J connectivity index is 2.18. The molecule has 1 amide bonds. The van der Waals surface area contributed by atoms with Crippen molar-refractivity contribution in [3.8, 4) is 0 Å². The van der Waals surface area contributed by atoms with Crippen LogP contribution >= 0.6 is 0 Å². The van der Waals surface area contributed by atoms with Crippen LogP contribution < -0.4 is 5.32 Å². The van der Waals surface area contributed by atoms with Crippen molar-refractivity contribution in [1.29, 1.82) is 0 Å². The zero-order chi connectivity index (χ0) is 10.8. The van der Waals surface area contributed by atoms with Gasteiger partial charge in [0, 0.05) is 0 Å². The van der Waals surface area contributed by atoms with Gasteiger partial charge >= 0.3 is 6.09 Å². The Bertz CT molecular complexity index is 388. The van der Waals surface area contributed by atoms with Gasteiger partial charge in [0.15, 0.2) is 0 Å². The van der Waals surface area contributed by atoms with E-state index in [4.69, 9.17) is 5.11 Å². The second kappa shape index (κ2) is 3.88. The van der Waals surface area contributed by atoms with Crippen molar-refractivity contribution in [3.63, 3.8) is 0 Å². The first-order valence-corrected chi connectivity index (χ1v) is 4.96. The molecule has 1 saturated carbocycles. The van der Waals surface area contributed by atoms with Crippen molar-refractivity contribution in [1.82, 2.24) is 0 Å². The van der Waals surface area contributed by atoms with Gasteiger partial charge < -0.3 is 5.11 Å². The molecule has 1 aliphatic carbocycles. The van der Waals surface area contributed by atoms with Gasteiger partial charge in [0.05, 0.1) is 5.69 Å². The first-order chi connectivity index (χ1) is 7.16. The minimum Gasteiger partial charge on any atom is -0.465 e. The molecule has 3 nitrogen and oxygen atoms in total. The molecule has 0 bridgehead atoms. The SMILES string of the molecule is O=C(O)Nc1ccc(C2CCC2)cc1F. The quantitative estimate of drug-likeness (QED) is 0.785. The van der Waals surface area contributed by atoms with Crippen molar-refractivity contribution in [3.05, 3.63) is 29.6 Å². The molecule has 1 aliphatic rings. The Morgan fingerprint density at radius 2 is 2.20 bits per heavy atom. The first kappa shape index (κ1) is 9.96. The van der Waals surface area contributed by atoms with Gasteiger partial charge in [-0.2, -0.15) is 0 Å². The van der Waals surface area contributed by atoms with E-state index < -0.39 is 11.9 Å². The second-order valence-electron chi connectivity index (χ2n) is 3.80. The number of nitrogens with one attached hydrogen (secondary N) is 1. The monoisotopic (exact) mass is 209 g/mol. The maximum absolute atomic E-state index is 13.4. The van der Waals surface area contributed by atoms with Crippen LogP contribution in [-0.4, -0.2) is 11.2 Å². The Hall–Kier alpha value is -1.58. The lowest BCUT2D eigenvalue weighted by Gasteiger charge is -2.25. The Morgan fingerprint density at radius 3 is 2.67 bits per heavy atom. The summed E-state index contributed by atoms with van der Waals surface area (Å²) in [7, 11) is 0. The fourth-order valence-corrected chi connectivity index (χ4v) is 1.74. The van der Waals surface area contributed by atoms with Crippen LogP contribution in [0, 0.1) is 5.82 Å². The van der Waals surface area contributed by atoms with Crippen LogP contribution in [0.4, 0.5) is 14.9 Å². The lowest BCUT2D eigenvalue weighted by Crippen LogP contribution is -2.11. The predicted octanol–water partition coefficient (Wildman–Crippen LogP) is 3.18. The smallest absolute Gasteiger partial charge is 0.409 e. The Labute approximate surface area is 86.9 Å². The van der Waals surface area contributed by atoms with E-state index in [0.717, 1.165) is 18.4 Å². The van der Waals surface area contributed by atoms with Gasteiger partial charge in [-0.3, -0.25) is 5.32 Å². The molecule has 0 unspecified atom stereocenters. The molecular weight excluding hydrogens is 197 g/mol. The van der Waals surface area contributed by atoms with E-state index in [9.17, 15) is 9.18 Å². The molecule has 4 heteroatoms. The molecule has 1 aromatic rings. The number of hydrogen-bond donors (Lipinski definition) is 2. The highest BCUT2D eigenvalue weighted by atomic mass is 19.1. The molecule has 0 heterocycles. The third kappa shape index (κ3) is 2.09. The van der Waals surface area contributed by atoms with Gasteiger partial charge in [-0.15, -0.1) is 0 Å². The molecule has 80 valence electrons. The number of rotatable bonds is 2. The molecule has 0 aliphatic heterocycles. The number of amides is 1. The maximum atomic E-state index is 13.4. The maximum Gasteiger partial charge on any atom is 0.409 e. The number of carboxylic acid groups (broad SMARTS) is 1. The first-order valence-electron chi connectivity index (χ1n) is 4.96. The number of hydrogen-bond acceptors (Lipinski definition) is 1. The molecule has 2 rings (SSSR count). The third-order valence-corrected chi connectivity index (χ3v) is 2.81. The largest absolute Gasteiger partial charge is 0.465 e. The van der Waals surface area contributed by atoms with Crippen LogP contribution in [0.3, 0.4) is 0 Å². The summed E-state index contributed by atoms with van der Waals surface area (Å²) in [5.41, 5.74) is 0.986. The second-order valence-corrected chi connectivity index (χ2v) is 3.80. The summed E-state index contributed by atoms with van der Waals surface area (Å²) in [6, 6.07) is 4.70. The van der Waals surface area contributed by atoms with Crippen LogP contribution in [0.15, 0.2) is 18.2 Å². The van der Waals surface area contributed by atoms with Crippen LogP contribution in [0.5, 0.6) is 0 Å². The predicted molar refractivity (Wildman–Crippen MR) is 54.6 cm³/mol. The van der Waals surface area contributed by atoms with Gasteiger partial charge in [0.1, 0.15) is 5.82 Å². The fourth-order valence-electron chi connectivity index (χ4n) is 1.74. The lowest BCUT2D eigenvalue weighted by atomic mass is 9.80. The molecule has 0 spiro atoms. The van der Waals surface area contributed by atoms with Gasteiger partial charge in [0.25, 0.3) is 0 Å². The van der Waals surface area contributed by atoms with Crippen LogP contribution in [-0.2, 0) is 0 Å². The summed E-state index contributed by atoms with van der Waals surface area (Å²) < 4.78 is 13.4. The third-order valence-electron chi connectivity index (χ3n) is 2.81. The molecule has 0 aromatic heterocycles. The summed E-state index contributed by atoms with van der Waals surface area (Å²) >= 11 is 0. The highest BCUT2D eigenvalue weighted by Crippen LogP contribution is 2.37. The van der Waals surface area contributed by atoms with E-state index in [1.54, 1.807) is 6.07 Å². The molecule has 0 radical (unpaired) electrons. The number of anilines is 1. The van der Waals surface area contributed by atoms with Crippen LogP contribution in [0.25, 0.3) is 0 Å². The van der Waals surface area contributed by atoms with Crippen molar-refractivity contribution < 1.29 is 14.3 Å². The lowest BCUT2D eigenvalue weighted by molar-refractivity contribution is 0.209. The van der Waals surface area contributed by atoms with Gasteiger partial charge in [-0.1, -0.05) is 12.5 Å². The molecule has 2 N–H and O–H groups in total. The average molecular weight is 209 g/mol. The van der Waals surface area contributed by atoms with Crippen molar-refractivity contribution in [2.45, 2.75) is 25.2 Å². The number of halogens is 1. The molecule has 15 heavy (non-hydrogen) atoms. The molecule has 0 atom stereocenters. The normalized spacial score (nSPS) is 15.8. The van der Waals surface area contributed by atoms with Crippen molar-refractivity contribution in [2.75, 3.05) is 5.32 Å².